The van der Waals surface area contributed by atoms with Crippen LogP contribution in [0.5, 0.6) is 0 Å². The summed E-state index contributed by atoms with van der Waals surface area (Å²) in [6, 6.07) is 0. The topological polar surface area (TPSA) is 34.1 Å². The van der Waals surface area contributed by atoms with Gasteiger partial charge in [0.2, 0.25) is 0 Å². The molecule has 1 fully saturated rings. The highest BCUT2D eigenvalue weighted by molar-refractivity contribution is 5.94. The third-order valence-electron chi connectivity index (χ3n) is 2.25. The predicted molar refractivity (Wildman–Crippen MR) is 42.1 cm³/mol. The number of Topliss-reactive ketones (excluding diaryl/α,β-unsaturated/α-hetero) is 2. The second-order valence-electron chi connectivity index (χ2n) is 3.62. The summed E-state index contributed by atoms with van der Waals surface area (Å²) in [5, 5.41) is 0. The van der Waals surface area contributed by atoms with Gasteiger partial charge in [-0.1, -0.05) is 13.8 Å². The summed E-state index contributed by atoms with van der Waals surface area (Å²) in [5.41, 5.74) is 0. The Morgan fingerprint density at radius 3 is 2.09 bits per heavy atom. The Morgan fingerprint density at radius 2 is 1.82 bits per heavy atom. The first-order chi connectivity index (χ1) is 5.04. The van der Waals surface area contributed by atoms with Crippen LogP contribution in [0.2, 0.25) is 0 Å². The van der Waals surface area contributed by atoms with E-state index in [9.17, 15) is 9.59 Å². The van der Waals surface area contributed by atoms with Crippen LogP contribution in [0.15, 0.2) is 0 Å². The van der Waals surface area contributed by atoms with Crippen LogP contribution in [0.25, 0.3) is 0 Å². The zero-order chi connectivity index (χ0) is 8.59. The minimum absolute atomic E-state index is 0.0601. The van der Waals surface area contributed by atoms with Crippen LogP contribution in [0, 0.1) is 17.8 Å². The van der Waals surface area contributed by atoms with Crippen LogP contribution in [-0.2, 0) is 9.59 Å². The van der Waals surface area contributed by atoms with Crippen LogP contribution in [0.4, 0.5) is 0 Å². The van der Waals surface area contributed by atoms with E-state index in [-0.39, 0.29) is 29.3 Å². The highest BCUT2D eigenvalue weighted by Gasteiger charge is 2.46. The molecule has 0 saturated heterocycles. The fourth-order valence-corrected chi connectivity index (χ4v) is 1.39. The van der Waals surface area contributed by atoms with Crippen molar-refractivity contribution in [1.29, 1.82) is 0 Å². The lowest BCUT2D eigenvalue weighted by molar-refractivity contribution is -0.126. The minimum Gasteiger partial charge on any atom is -0.300 e. The van der Waals surface area contributed by atoms with Crippen LogP contribution in [0.3, 0.4) is 0 Å². The number of hydrogen-bond acceptors (Lipinski definition) is 2. The van der Waals surface area contributed by atoms with E-state index in [1.165, 1.54) is 0 Å². The Bertz CT molecular complexity index is 194. The number of carbonyl (C=O) groups excluding carboxylic acids is 2. The maximum absolute atomic E-state index is 11.3. The molecule has 0 aromatic rings. The molecule has 0 amide bonds. The molecule has 62 valence electrons. The van der Waals surface area contributed by atoms with E-state index in [4.69, 9.17) is 0 Å². The Hall–Kier alpha value is -0.660. The van der Waals surface area contributed by atoms with E-state index in [0.717, 1.165) is 6.42 Å². The summed E-state index contributed by atoms with van der Waals surface area (Å²) in [4.78, 5) is 22.1. The molecule has 0 radical (unpaired) electrons. The molecular formula is C9H14O2. The summed E-state index contributed by atoms with van der Waals surface area (Å²) in [7, 11) is 0. The molecule has 2 nitrogen and oxygen atoms in total. The lowest BCUT2D eigenvalue weighted by Gasteiger charge is -2.00. The first-order valence-electron chi connectivity index (χ1n) is 4.08. The Morgan fingerprint density at radius 1 is 1.27 bits per heavy atom. The number of carbonyl (C=O) groups is 2. The van der Waals surface area contributed by atoms with Crippen molar-refractivity contribution in [2.24, 2.45) is 17.8 Å². The lowest BCUT2D eigenvalue weighted by atomic mass is 10.0. The molecule has 0 bridgehead atoms. The van der Waals surface area contributed by atoms with Gasteiger partial charge in [-0.2, -0.15) is 0 Å². The summed E-state index contributed by atoms with van der Waals surface area (Å²) < 4.78 is 0. The van der Waals surface area contributed by atoms with Crippen molar-refractivity contribution in [2.45, 2.75) is 27.2 Å². The quantitative estimate of drug-likeness (QED) is 0.616. The summed E-state index contributed by atoms with van der Waals surface area (Å²) in [5.74, 6) is 0.635. The van der Waals surface area contributed by atoms with Gasteiger partial charge < -0.3 is 0 Å². The van der Waals surface area contributed by atoms with Gasteiger partial charge in [0.25, 0.3) is 0 Å². The molecule has 1 aliphatic rings. The van der Waals surface area contributed by atoms with Crippen molar-refractivity contribution in [3.8, 4) is 0 Å². The fourth-order valence-electron chi connectivity index (χ4n) is 1.39. The number of hydrogen-bond donors (Lipinski definition) is 0. The Balaban J connectivity index is 2.44. The van der Waals surface area contributed by atoms with Crippen molar-refractivity contribution in [1.82, 2.24) is 0 Å². The molecule has 2 atom stereocenters. The molecule has 0 aliphatic heterocycles. The van der Waals surface area contributed by atoms with Gasteiger partial charge in [0.15, 0.2) is 0 Å². The zero-order valence-corrected chi connectivity index (χ0v) is 7.26. The van der Waals surface area contributed by atoms with E-state index in [0.29, 0.717) is 0 Å². The SMILES string of the molecule is CC(=O)[C@H]1C[C@H]1C(=O)C(C)C. The molecule has 0 aromatic carbocycles. The molecule has 0 spiro atoms. The van der Waals surface area contributed by atoms with Gasteiger partial charge in [0.05, 0.1) is 0 Å². The zero-order valence-electron chi connectivity index (χ0n) is 7.26. The highest BCUT2D eigenvalue weighted by atomic mass is 16.1. The van der Waals surface area contributed by atoms with Crippen molar-refractivity contribution in [3.63, 3.8) is 0 Å². The maximum atomic E-state index is 11.3. The Labute approximate surface area is 67.0 Å². The first-order valence-corrected chi connectivity index (χ1v) is 4.08. The van der Waals surface area contributed by atoms with Gasteiger partial charge in [-0.15, -0.1) is 0 Å². The van der Waals surface area contributed by atoms with Gasteiger partial charge >= 0.3 is 0 Å². The minimum atomic E-state index is 0.0601. The number of ketones is 2. The molecule has 1 aliphatic carbocycles. The molecule has 0 N–H and O–H groups in total. The lowest BCUT2D eigenvalue weighted by Crippen LogP contribution is -2.12. The van der Waals surface area contributed by atoms with Crippen molar-refractivity contribution >= 4 is 11.6 Å². The Kier molecular flexibility index (Phi) is 2.12. The number of rotatable bonds is 3. The summed E-state index contributed by atoms with van der Waals surface area (Å²) in [6.45, 7) is 5.34. The van der Waals surface area contributed by atoms with Crippen molar-refractivity contribution < 1.29 is 9.59 Å². The van der Waals surface area contributed by atoms with Gasteiger partial charge in [0, 0.05) is 17.8 Å². The highest BCUT2D eigenvalue weighted by Crippen LogP contribution is 2.41. The third-order valence-corrected chi connectivity index (χ3v) is 2.25. The monoisotopic (exact) mass is 154 g/mol. The predicted octanol–water partition coefficient (Wildman–Crippen LogP) is 1.44. The normalized spacial score (nSPS) is 28.7. The molecule has 1 saturated carbocycles. The summed E-state index contributed by atoms with van der Waals surface area (Å²) in [6.07, 6.45) is 0.798. The van der Waals surface area contributed by atoms with Crippen LogP contribution in [0.1, 0.15) is 27.2 Å². The van der Waals surface area contributed by atoms with Crippen LogP contribution >= 0.6 is 0 Å². The van der Waals surface area contributed by atoms with Gasteiger partial charge in [-0.05, 0) is 13.3 Å². The third kappa shape index (κ3) is 1.67. The molecular weight excluding hydrogens is 140 g/mol. The van der Waals surface area contributed by atoms with E-state index in [2.05, 4.69) is 0 Å². The standard InChI is InChI=1S/C9H14O2/c1-5(2)9(11)8-4-7(8)6(3)10/h5,7-8H,4H2,1-3H3/t7-,8-/m1/s1. The van der Waals surface area contributed by atoms with Crippen molar-refractivity contribution in [3.05, 3.63) is 0 Å². The van der Waals surface area contributed by atoms with Crippen LogP contribution in [-0.4, -0.2) is 11.6 Å². The van der Waals surface area contributed by atoms with E-state index in [1.54, 1.807) is 6.92 Å². The van der Waals surface area contributed by atoms with Crippen LogP contribution < -0.4 is 0 Å². The van der Waals surface area contributed by atoms with Gasteiger partial charge in [-0.3, -0.25) is 9.59 Å². The maximum Gasteiger partial charge on any atom is 0.139 e. The largest absolute Gasteiger partial charge is 0.300 e. The summed E-state index contributed by atoms with van der Waals surface area (Å²) >= 11 is 0. The molecule has 0 unspecified atom stereocenters. The molecule has 1 rings (SSSR count). The molecule has 11 heavy (non-hydrogen) atoms. The average Bonchev–Trinajstić information content (AvgIpc) is 2.63. The van der Waals surface area contributed by atoms with E-state index >= 15 is 0 Å². The smallest absolute Gasteiger partial charge is 0.139 e. The second kappa shape index (κ2) is 2.76. The molecule has 0 aromatic heterocycles. The van der Waals surface area contributed by atoms with Crippen molar-refractivity contribution in [2.75, 3.05) is 0 Å². The molecule has 0 heterocycles. The van der Waals surface area contributed by atoms with Gasteiger partial charge in [-0.25, -0.2) is 0 Å². The van der Waals surface area contributed by atoms with E-state index in [1.807, 2.05) is 13.8 Å². The second-order valence-corrected chi connectivity index (χ2v) is 3.62. The molecule has 2 heteroatoms. The fraction of sp³-hybridized carbons (Fsp3) is 0.778. The van der Waals surface area contributed by atoms with Gasteiger partial charge in [0.1, 0.15) is 11.6 Å². The average molecular weight is 154 g/mol. The van der Waals surface area contributed by atoms with E-state index < -0.39 is 0 Å². The first kappa shape index (κ1) is 8.44.